The largest absolute Gasteiger partial charge is 0.490 e. The fourth-order valence-corrected chi connectivity index (χ4v) is 3.07. The van der Waals surface area contributed by atoms with Crippen LogP contribution >= 0.6 is 0 Å². The van der Waals surface area contributed by atoms with Crippen LogP contribution in [0.2, 0.25) is 0 Å². The van der Waals surface area contributed by atoms with Gasteiger partial charge in [0.25, 0.3) is 0 Å². The maximum atomic E-state index is 12.1. The molecule has 0 fully saturated rings. The number of unbranched alkanes of at least 4 members (excludes halogenated alkanes) is 1. The highest BCUT2D eigenvalue weighted by Gasteiger charge is 2.13. The number of rotatable bonds is 6. The Kier molecular flexibility index (Phi) is 5.40. The number of benzene rings is 1. The average Bonchev–Trinajstić information content (AvgIpc) is 2.67. The highest BCUT2D eigenvalue weighted by atomic mass is 32.2. The highest BCUT2D eigenvalue weighted by Crippen LogP contribution is 2.31. The number of carboxylic acid groups (broad SMARTS) is 1. The van der Waals surface area contributed by atoms with Crippen molar-refractivity contribution in [2.75, 3.05) is 19.0 Å². The van der Waals surface area contributed by atoms with Crippen LogP contribution in [0.1, 0.15) is 25.7 Å². The van der Waals surface area contributed by atoms with E-state index in [0.717, 1.165) is 6.42 Å². The summed E-state index contributed by atoms with van der Waals surface area (Å²) < 4.78 is 23.2. The first-order valence-corrected chi connectivity index (χ1v) is 7.98. The monoisotopic (exact) mass is 298 g/mol. The molecule has 1 aliphatic rings. The molecule has 0 saturated heterocycles. The first kappa shape index (κ1) is 14.8. The van der Waals surface area contributed by atoms with E-state index in [1.54, 1.807) is 18.2 Å². The second-order valence-electron chi connectivity index (χ2n) is 4.56. The van der Waals surface area contributed by atoms with Crippen LogP contribution in [0.3, 0.4) is 0 Å². The van der Waals surface area contributed by atoms with Crippen LogP contribution in [-0.2, 0) is 15.6 Å². The Morgan fingerprint density at radius 3 is 2.70 bits per heavy atom. The molecule has 1 heterocycles. The van der Waals surface area contributed by atoms with Crippen LogP contribution in [-0.4, -0.2) is 34.3 Å². The van der Waals surface area contributed by atoms with Crippen molar-refractivity contribution >= 4 is 16.8 Å². The summed E-state index contributed by atoms with van der Waals surface area (Å²) in [6.07, 6.45) is 2.14. The number of fused-ring (bicyclic) bond motifs is 1. The SMILES string of the molecule is O=C(O)CCCCS(=O)c1ccc2c(c1)OCCCO2. The molecular formula is C14H18O5S. The molecule has 1 N–H and O–H groups in total. The third kappa shape index (κ3) is 4.23. The quantitative estimate of drug-likeness (QED) is 0.815. The zero-order valence-electron chi connectivity index (χ0n) is 11.2. The van der Waals surface area contributed by atoms with Crippen LogP contribution in [0.4, 0.5) is 0 Å². The summed E-state index contributed by atoms with van der Waals surface area (Å²) in [5.74, 6) is 0.979. The van der Waals surface area contributed by atoms with Crippen molar-refractivity contribution in [3.8, 4) is 11.5 Å². The Morgan fingerprint density at radius 1 is 1.20 bits per heavy atom. The predicted octanol–water partition coefficient (Wildman–Crippen LogP) is 2.21. The first-order chi connectivity index (χ1) is 9.66. The zero-order chi connectivity index (χ0) is 14.4. The maximum Gasteiger partial charge on any atom is 0.303 e. The molecule has 0 saturated carbocycles. The van der Waals surface area contributed by atoms with E-state index in [9.17, 15) is 9.00 Å². The molecule has 1 aromatic carbocycles. The van der Waals surface area contributed by atoms with Crippen LogP contribution < -0.4 is 9.47 Å². The van der Waals surface area contributed by atoms with E-state index in [1.165, 1.54) is 0 Å². The van der Waals surface area contributed by atoms with Gasteiger partial charge in [-0.2, -0.15) is 0 Å². The van der Waals surface area contributed by atoms with Crippen molar-refractivity contribution in [2.24, 2.45) is 0 Å². The zero-order valence-corrected chi connectivity index (χ0v) is 12.0. The Hall–Kier alpha value is -1.56. The van der Waals surface area contributed by atoms with Crippen molar-refractivity contribution in [1.29, 1.82) is 0 Å². The summed E-state index contributed by atoms with van der Waals surface area (Å²) in [4.78, 5) is 11.1. The molecular weight excluding hydrogens is 280 g/mol. The normalized spacial score (nSPS) is 15.4. The average molecular weight is 298 g/mol. The van der Waals surface area contributed by atoms with Gasteiger partial charge in [0.1, 0.15) is 0 Å². The van der Waals surface area contributed by atoms with E-state index in [2.05, 4.69) is 0 Å². The van der Waals surface area contributed by atoms with Gasteiger partial charge in [-0.05, 0) is 25.0 Å². The van der Waals surface area contributed by atoms with Gasteiger partial charge in [0.2, 0.25) is 0 Å². The van der Waals surface area contributed by atoms with Gasteiger partial charge in [-0.15, -0.1) is 0 Å². The first-order valence-electron chi connectivity index (χ1n) is 6.66. The summed E-state index contributed by atoms with van der Waals surface area (Å²) in [6.45, 7) is 1.23. The standard InChI is InChI=1S/C14H18O5S/c15-14(16)4-1-2-9-20(17)11-5-6-12-13(10-11)19-8-3-7-18-12/h5-6,10H,1-4,7-9H2,(H,15,16). The summed E-state index contributed by atoms with van der Waals surface area (Å²) >= 11 is 0. The van der Waals surface area contributed by atoms with Crippen LogP contribution in [0.15, 0.2) is 23.1 Å². The van der Waals surface area contributed by atoms with Crippen molar-refractivity contribution in [2.45, 2.75) is 30.6 Å². The van der Waals surface area contributed by atoms with Gasteiger partial charge >= 0.3 is 5.97 Å². The molecule has 0 spiro atoms. The number of carboxylic acids is 1. The number of carbonyl (C=O) groups is 1. The molecule has 0 amide bonds. The smallest absolute Gasteiger partial charge is 0.303 e. The van der Waals surface area contributed by atoms with Crippen LogP contribution in [0.5, 0.6) is 11.5 Å². The summed E-state index contributed by atoms with van der Waals surface area (Å²) in [7, 11) is -1.13. The Morgan fingerprint density at radius 2 is 1.95 bits per heavy atom. The third-order valence-corrected chi connectivity index (χ3v) is 4.39. The molecule has 6 heteroatoms. The number of ether oxygens (including phenoxy) is 2. The molecule has 1 aliphatic heterocycles. The molecule has 1 atom stereocenters. The van der Waals surface area contributed by atoms with E-state index in [-0.39, 0.29) is 6.42 Å². The minimum atomic E-state index is -1.13. The van der Waals surface area contributed by atoms with Gasteiger partial charge in [-0.1, -0.05) is 0 Å². The maximum absolute atomic E-state index is 12.1. The van der Waals surface area contributed by atoms with Crippen molar-refractivity contribution < 1.29 is 23.6 Å². The molecule has 20 heavy (non-hydrogen) atoms. The molecule has 0 aromatic heterocycles. The van der Waals surface area contributed by atoms with Gasteiger partial charge < -0.3 is 14.6 Å². The fourth-order valence-electron chi connectivity index (χ4n) is 1.91. The second kappa shape index (κ2) is 7.28. The number of aliphatic carboxylic acids is 1. The molecule has 5 nitrogen and oxygen atoms in total. The van der Waals surface area contributed by atoms with E-state index in [0.29, 0.717) is 48.2 Å². The second-order valence-corrected chi connectivity index (χ2v) is 6.13. The van der Waals surface area contributed by atoms with Gasteiger partial charge in [-0.3, -0.25) is 9.00 Å². The van der Waals surface area contributed by atoms with Crippen LogP contribution in [0, 0.1) is 0 Å². The van der Waals surface area contributed by atoms with Gasteiger partial charge in [0, 0.05) is 29.6 Å². The Balaban J connectivity index is 1.93. The minimum absolute atomic E-state index is 0.123. The Labute approximate surface area is 120 Å². The summed E-state index contributed by atoms with van der Waals surface area (Å²) in [5, 5.41) is 8.55. The predicted molar refractivity (Wildman–Crippen MR) is 74.8 cm³/mol. The lowest BCUT2D eigenvalue weighted by Gasteiger charge is -2.09. The molecule has 1 unspecified atom stereocenters. The lowest BCUT2D eigenvalue weighted by Crippen LogP contribution is -2.01. The number of hydrogen-bond donors (Lipinski definition) is 1. The molecule has 0 bridgehead atoms. The van der Waals surface area contributed by atoms with Gasteiger partial charge in [-0.25, -0.2) is 0 Å². The molecule has 1 aromatic rings. The fraction of sp³-hybridized carbons (Fsp3) is 0.500. The van der Waals surface area contributed by atoms with E-state index < -0.39 is 16.8 Å². The van der Waals surface area contributed by atoms with Crippen LogP contribution in [0.25, 0.3) is 0 Å². The Bertz CT molecular complexity index is 500. The number of hydrogen-bond acceptors (Lipinski definition) is 4. The van der Waals surface area contributed by atoms with Crippen molar-refractivity contribution in [3.05, 3.63) is 18.2 Å². The van der Waals surface area contributed by atoms with E-state index in [4.69, 9.17) is 14.6 Å². The van der Waals surface area contributed by atoms with E-state index >= 15 is 0 Å². The third-order valence-electron chi connectivity index (χ3n) is 2.95. The summed E-state index contributed by atoms with van der Waals surface area (Å²) in [5.41, 5.74) is 0. The molecule has 0 aliphatic carbocycles. The molecule has 2 rings (SSSR count). The topological polar surface area (TPSA) is 72.8 Å². The van der Waals surface area contributed by atoms with E-state index in [1.807, 2.05) is 0 Å². The molecule has 0 radical (unpaired) electrons. The summed E-state index contributed by atoms with van der Waals surface area (Å²) in [6, 6.07) is 5.32. The van der Waals surface area contributed by atoms with Gasteiger partial charge in [0.05, 0.1) is 24.0 Å². The lowest BCUT2D eigenvalue weighted by atomic mass is 10.2. The van der Waals surface area contributed by atoms with Crippen molar-refractivity contribution in [1.82, 2.24) is 0 Å². The minimum Gasteiger partial charge on any atom is -0.490 e. The lowest BCUT2D eigenvalue weighted by molar-refractivity contribution is -0.137. The molecule has 110 valence electrons. The van der Waals surface area contributed by atoms with Crippen molar-refractivity contribution in [3.63, 3.8) is 0 Å². The highest BCUT2D eigenvalue weighted by molar-refractivity contribution is 7.85. The van der Waals surface area contributed by atoms with Gasteiger partial charge in [0.15, 0.2) is 11.5 Å².